The molecule has 0 spiro atoms. The second kappa shape index (κ2) is 9.93. The summed E-state index contributed by atoms with van der Waals surface area (Å²) < 4.78 is 45.0. The summed E-state index contributed by atoms with van der Waals surface area (Å²) in [7, 11) is 1.54. The van der Waals surface area contributed by atoms with Crippen LogP contribution < -0.4 is 10.6 Å². The Morgan fingerprint density at radius 2 is 2.04 bits per heavy atom. The maximum atomic E-state index is 13.0. The third kappa shape index (κ3) is 6.39. The van der Waals surface area contributed by atoms with E-state index in [4.69, 9.17) is 16.3 Å². The minimum atomic E-state index is -4.52. The van der Waals surface area contributed by atoms with Crippen molar-refractivity contribution in [2.75, 3.05) is 32.1 Å². The molecule has 0 saturated carbocycles. The molecule has 0 aliphatic heterocycles. The molecule has 0 atom stereocenters. The maximum absolute atomic E-state index is 13.0. The van der Waals surface area contributed by atoms with E-state index in [0.717, 1.165) is 18.2 Å². The van der Waals surface area contributed by atoms with E-state index in [1.165, 1.54) is 4.68 Å². The normalized spacial score (nSPS) is 11.2. The van der Waals surface area contributed by atoms with Crippen molar-refractivity contribution in [2.45, 2.75) is 13.1 Å². The molecule has 2 rings (SSSR count). The third-order valence-electron chi connectivity index (χ3n) is 3.37. The molecule has 0 unspecified atom stereocenters. The van der Waals surface area contributed by atoms with Gasteiger partial charge < -0.3 is 15.4 Å². The molecule has 150 valence electrons. The minimum absolute atomic E-state index is 0. The van der Waals surface area contributed by atoms with E-state index in [0.29, 0.717) is 18.8 Å². The van der Waals surface area contributed by atoms with Gasteiger partial charge >= 0.3 is 6.18 Å². The summed E-state index contributed by atoms with van der Waals surface area (Å²) >= 11 is 6.05. The van der Waals surface area contributed by atoms with Gasteiger partial charge in [0.2, 0.25) is 5.91 Å². The van der Waals surface area contributed by atoms with Crippen LogP contribution in [-0.2, 0) is 15.7 Å². The molecule has 0 fully saturated rings. The second-order valence-corrected chi connectivity index (χ2v) is 5.87. The smallest absolute Gasteiger partial charge is 0.383 e. The van der Waals surface area contributed by atoms with Crippen LogP contribution in [0.1, 0.15) is 11.3 Å². The quantitative estimate of drug-likeness (QED) is 0.665. The lowest BCUT2D eigenvalue weighted by Crippen LogP contribution is -2.30. The van der Waals surface area contributed by atoms with E-state index in [-0.39, 0.29) is 41.4 Å². The molecule has 0 bridgehead atoms. The van der Waals surface area contributed by atoms with E-state index in [2.05, 4.69) is 15.7 Å². The molecular formula is C16H19Cl2F3N4O2. The first-order valence-electron chi connectivity index (χ1n) is 7.65. The highest BCUT2D eigenvalue weighted by atomic mass is 35.5. The van der Waals surface area contributed by atoms with Gasteiger partial charge in [-0.2, -0.15) is 18.3 Å². The molecule has 2 N–H and O–H groups in total. The molecule has 1 aromatic heterocycles. The van der Waals surface area contributed by atoms with Gasteiger partial charge in [-0.3, -0.25) is 4.79 Å². The van der Waals surface area contributed by atoms with Crippen molar-refractivity contribution >= 4 is 35.7 Å². The van der Waals surface area contributed by atoms with Crippen LogP contribution in [0.2, 0.25) is 5.02 Å². The maximum Gasteiger partial charge on any atom is 0.416 e. The van der Waals surface area contributed by atoms with Gasteiger partial charge in [0.15, 0.2) is 0 Å². The first-order chi connectivity index (χ1) is 12.2. The average Bonchev–Trinajstić information content (AvgIpc) is 2.91. The highest BCUT2D eigenvalue weighted by Gasteiger charge is 2.31. The number of aromatic nitrogens is 2. The van der Waals surface area contributed by atoms with Crippen LogP contribution in [0.4, 0.5) is 19.0 Å². The highest BCUT2D eigenvalue weighted by Crippen LogP contribution is 2.34. The standard InChI is InChI=1S/C16H18ClF3N4O2.ClH/c1-10-7-14(22-15(25)9-21-5-6-26-2)24(23-10)13-8-11(16(18,19)20)3-4-12(13)17;/h3-4,7-8,21H,5-6,9H2,1-2H3,(H,22,25);1H. The number of benzene rings is 1. The Labute approximate surface area is 165 Å². The molecule has 1 heterocycles. The number of amides is 1. The van der Waals surface area contributed by atoms with Crippen molar-refractivity contribution < 1.29 is 22.7 Å². The molecule has 11 heteroatoms. The minimum Gasteiger partial charge on any atom is -0.383 e. The molecule has 0 aliphatic rings. The molecular weight excluding hydrogens is 408 g/mol. The zero-order valence-electron chi connectivity index (χ0n) is 14.6. The Hall–Kier alpha value is -1.81. The van der Waals surface area contributed by atoms with Crippen LogP contribution in [0.25, 0.3) is 5.69 Å². The van der Waals surface area contributed by atoms with E-state index in [1.54, 1.807) is 20.1 Å². The number of nitrogens with zero attached hydrogens (tertiary/aromatic N) is 2. The van der Waals surface area contributed by atoms with Crippen LogP contribution in [0.5, 0.6) is 0 Å². The highest BCUT2D eigenvalue weighted by molar-refractivity contribution is 6.32. The molecule has 2 aromatic rings. The fourth-order valence-electron chi connectivity index (χ4n) is 2.19. The van der Waals surface area contributed by atoms with Crippen molar-refractivity contribution in [1.82, 2.24) is 15.1 Å². The van der Waals surface area contributed by atoms with Crippen molar-refractivity contribution in [1.29, 1.82) is 0 Å². The third-order valence-corrected chi connectivity index (χ3v) is 3.69. The Morgan fingerprint density at radius 3 is 2.67 bits per heavy atom. The number of hydrogen-bond donors (Lipinski definition) is 2. The monoisotopic (exact) mass is 426 g/mol. The molecule has 0 saturated heterocycles. The first-order valence-corrected chi connectivity index (χ1v) is 8.03. The molecule has 1 aromatic carbocycles. The summed E-state index contributed by atoms with van der Waals surface area (Å²) in [5.41, 5.74) is -0.318. The van der Waals surface area contributed by atoms with Gasteiger partial charge in [0.25, 0.3) is 0 Å². The number of alkyl halides is 3. The van der Waals surface area contributed by atoms with Crippen LogP contribution in [0.3, 0.4) is 0 Å². The predicted molar refractivity (Wildman–Crippen MR) is 98.9 cm³/mol. The van der Waals surface area contributed by atoms with Crippen LogP contribution in [0.15, 0.2) is 24.3 Å². The van der Waals surface area contributed by atoms with Gasteiger partial charge in [-0.15, -0.1) is 12.4 Å². The summed E-state index contributed by atoms with van der Waals surface area (Å²) in [5, 5.41) is 9.70. The van der Waals surface area contributed by atoms with Crippen molar-refractivity contribution in [3.8, 4) is 5.69 Å². The van der Waals surface area contributed by atoms with Gasteiger partial charge in [-0.1, -0.05) is 11.6 Å². The van der Waals surface area contributed by atoms with E-state index in [1.807, 2.05) is 0 Å². The fourth-order valence-corrected chi connectivity index (χ4v) is 2.38. The van der Waals surface area contributed by atoms with Crippen molar-refractivity contribution in [3.05, 3.63) is 40.5 Å². The number of carbonyl (C=O) groups excluding carboxylic acids is 1. The van der Waals surface area contributed by atoms with E-state index in [9.17, 15) is 18.0 Å². The first kappa shape index (κ1) is 23.2. The number of hydrogen-bond acceptors (Lipinski definition) is 4. The summed E-state index contributed by atoms with van der Waals surface area (Å²) in [4.78, 5) is 12.0. The van der Waals surface area contributed by atoms with Gasteiger partial charge in [-0.25, -0.2) is 4.68 Å². The van der Waals surface area contributed by atoms with Gasteiger partial charge in [0.1, 0.15) is 5.82 Å². The average molecular weight is 427 g/mol. The van der Waals surface area contributed by atoms with Gasteiger partial charge in [0.05, 0.1) is 35.1 Å². The molecule has 6 nitrogen and oxygen atoms in total. The molecule has 27 heavy (non-hydrogen) atoms. The predicted octanol–water partition coefficient (Wildman–Crippen LogP) is 3.45. The van der Waals surface area contributed by atoms with Crippen molar-refractivity contribution in [3.63, 3.8) is 0 Å². The summed E-state index contributed by atoms with van der Waals surface area (Å²) in [6.45, 7) is 2.61. The summed E-state index contributed by atoms with van der Waals surface area (Å²) in [5.74, 6) is -0.146. The number of methoxy groups -OCH3 is 1. The van der Waals surface area contributed by atoms with Crippen LogP contribution in [0, 0.1) is 6.92 Å². The van der Waals surface area contributed by atoms with E-state index >= 15 is 0 Å². The zero-order chi connectivity index (χ0) is 19.3. The second-order valence-electron chi connectivity index (χ2n) is 5.46. The number of nitrogens with one attached hydrogen (secondary N) is 2. The van der Waals surface area contributed by atoms with Gasteiger partial charge in [0, 0.05) is 19.7 Å². The fraction of sp³-hybridized carbons (Fsp3) is 0.375. The number of anilines is 1. The molecule has 0 radical (unpaired) electrons. The lowest BCUT2D eigenvalue weighted by Gasteiger charge is -2.13. The Kier molecular flexibility index (Phi) is 8.55. The summed E-state index contributed by atoms with van der Waals surface area (Å²) in [6.07, 6.45) is -4.52. The molecule has 0 aliphatic carbocycles. The number of rotatable bonds is 7. The SMILES string of the molecule is COCCNCC(=O)Nc1cc(C)nn1-c1cc(C(F)(F)F)ccc1Cl.Cl. The Balaban J connectivity index is 0.00000364. The van der Waals surface area contributed by atoms with E-state index < -0.39 is 11.7 Å². The number of carbonyl (C=O) groups is 1. The molecule has 1 amide bonds. The lowest BCUT2D eigenvalue weighted by atomic mass is 10.2. The Morgan fingerprint density at radius 1 is 1.33 bits per heavy atom. The number of aryl methyl sites for hydroxylation is 1. The zero-order valence-corrected chi connectivity index (χ0v) is 16.1. The Bertz CT molecular complexity index is 782. The largest absolute Gasteiger partial charge is 0.416 e. The van der Waals surface area contributed by atoms with Crippen molar-refractivity contribution in [2.24, 2.45) is 0 Å². The number of halogens is 5. The van der Waals surface area contributed by atoms with Crippen LogP contribution in [-0.4, -0.2) is 42.5 Å². The number of ether oxygens (including phenoxy) is 1. The van der Waals surface area contributed by atoms with Gasteiger partial charge in [-0.05, 0) is 25.1 Å². The summed E-state index contributed by atoms with van der Waals surface area (Å²) in [6, 6.07) is 4.47. The van der Waals surface area contributed by atoms with Crippen LogP contribution >= 0.6 is 24.0 Å². The lowest BCUT2D eigenvalue weighted by molar-refractivity contribution is -0.137. The topological polar surface area (TPSA) is 68.2 Å².